The second-order valence-electron chi connectivity index (χ2n) is 0.937. The van der Waals surface area contributed by atoms with E-state index in [2.05, 4.69) is 0 Å². The normalized spacial score (nSPS) is 9.83. The molecule has 0 atom stereocenters. The Balaban J connectivity index is -0.0000000457. The van der Waals surface area contributed by atoms with Crippen LogP contribution >= 0.6 is 15.6 Å². The third-order valence-electron chi connectivity index (χ3n) is 0. The minimum absolute atomic E-state index is 0. The molecule has 12 heteroatoms. The van der Waals surface area contributed by atoms with Crippen LogP contribution in [0.5, 0.6) is 0 Å². The SMILES string of the molecule is O=P([O-])([O-])O.O=P([O-])([O-])O.[Ca+2].[Cu+2]. The second-order valence-corrected chi connectivity index (χ2v) is 2.81. The predicted octanol–water partition coefficient (Wildman–Crippen LogP) is -4.77. The van der Waals surface area contributed by atoms with E-state index in [0.29, 0.717) is 0 Å². The quantitative estimate of drug-likeness (QED) is 0.331. The molecule has 0 bridgehead atoms. The smallest absolute Gasteiger partial charge is 0.790 e. The molecule has 8 nitrogen and oxygen atoms in total. The summed E-state index contributed by atoms with van der Waals surface area (Å²) in [6.45, 7) is 0. The van der Waals surface area contributed by atoms with Crippen LogP contribution in [0.4, 0.5) is 0 Å². The van der Waals surface area contributed by atoms with Gasteiger partial charge >= 0.3 is 54.8 Å². The molecule has 2 N–H and O–H groups in total. The summed E-state index contributed by atoms with van der Waals surface area (Å²) in [6.07, 6.45) is 0. The summed E-state index contributed by atoms with van der Waals surface area (Å²) in [4.78, 5) is 48.6. The third kappa shape index (κ3) is 363. The molecule has 0 aliphatic heterocycles. The summed E-state index contributed by atoms with van der Waals surface area (Å²) < 4.78 is 17.3. The van der Waals surface area contributed by atoms with E-state index in [9.17, 15) is 0 Å². The number of hydrogen-bond donors (Lipinski definition) is 2. The molecule has 1 radical (unpaired) electrons. The molecule has 0 spiro atoms. The van der Waals surface area contributed by atoms with E-state index in [1.165, 1.54) is 0 Å². The van der Waals surface area contributed by atoms with Crippen LogP contribution in [-0.2, 0) is 26.2 Å². The molecule has 73 valence electrons. The zero-order valence-corrected chi connectivity index (χ0v) is 10.2. The van der Waals surface area contributed by atoms with Gasteiger partial charge in [-0.25, -0.2) is 0 Å². The molecule has 0 aromatic carbocycles. The summed E-state index contributed by atoms with van der Waals surface area (Å²) >= 11 is 0. The molecule has 0 heterocycles. The van der Waals surface area contributed by atoms with Gasteiger partial charge in [-0.1, -0.05) is 0 Å². The van der Waals surface area contributed by atoms with Crippen molar-refractivity contribution in [3.05, 3.63) is 0 Å². The Morgan fingerprint density at radius 2 is 0.833 bits per heavy atom. The van der Waals surface area contributed by atoms with Gasteiger partial charge in [0.15, 0.2) is 0 Å². The van der Waals surface area contributed by atoms with E-state index in [-0.39, 0.29) is 54.8 Å². The van der Waals surface area contributed by atoms with Crippen molar-refractivity contribution in [1.82, 2.24) is 0 Å². The Morgan fingerprint density at radius 3 is 0.833 bits per heavy atom. The van der Waals surface area contributed by atoms with Crippen LogP contribution in [0, 0.1) is 0 Å². The molecule has 0 amide bonds. The van der Waals surface area contributed by atoms with Crippen molar-refractivity contribution in [3.8, 4) is 0 Å². The molecular weight excluding hydrogens is 294 g/mol. The van der Waals surface area contributed by atoms with Gasteiger partial charge in [-0.2, -0.15) is 0 Å². The van der Waals surface area contributed by atoms with E-state index < -0.39 is 15.6 Å². The van der Waals surface area contributed by atoms with Crippen molar-refractivity contribution in [3.63, 3.8) is 0 Å². The van der Waals surface area contributed by atoms with Gasteiger partial charge in [-0.15, -0.1) is 0 Å². The molecule has 0 unspecified atom stereocenters. The molecule has 0 saturated carbocycles. The van der Waals surface area contributed by atoms with Crippen molar-refractivity contribution < 1.29 is 55.6 Å². The molecular formula is H2CaCuO8P2. The van der Waals surface area contributed by atoms with Crippen LogP contribution < -0.4 is 19.6 Å². The summed E-state index contributed by atoms with van der Waals surface area (Å²) in [7, 11) is -10.3. The van der Waals surface area contributed by atoms with Gasteiger partial charge < -0.3 is 38.5 Å². The third-order valence-corrected chi connectivity index (χ3v) is 0. The first-order valence-electron chi connectivity index (χ1n) is 1.50. The van der Waals surface area contributed by atoms with Crippen molar-refractivity contribution in [2.75, 3.05) is 0 Å². The van der Waals surface area contributed by atoms with E-state index in [0.717, 1.165) is 0 Å². The van der Waals surface area contributed by atoms with E-state index in [1.54, 1.807) is 0 Å². The summed E-state index contributed by atoms with van der Waals surface area (Å²) in [5.41, 5.74) is 0. The molecule has 0 rings (SSSR count). The Labute approximate surface area is 108 Å². The molecule has 0 aliphatic carbocycles. The minimum atomic E-state index is -5.14. The maximum atomic E-state index is 8.66. The number of hydrogen-bond acceptors (Lipinski definition) is 6. The van der Waals surface area contributed by atoms with Gasteiger partial charge in [-0.05, 0) is 0 Å². The summed E-state index contributed by atoms with van der Waals surface area (Å²) in [5, 5.41) is 0. The molecule has 0 aliphatic rings. The zero-order chi connectivity index (χ0) is 9.00. The molecule has 0 aromatic rings. The minimum Gasteiger partial charge on any atom is -0.790 e. The Bertz CT molecular complexity index is 129. The van der Waals surface area contributed by atoms with E-state index in [1.807, 2.05) is 0 Å². The van der Waals surface area contributed by atoms with E-state index in [4.69, 9.17) is 38.5 Å². The van der Waals surface area contributed by atoms with Gasteiger partial charge in [0, 0.05) is 0 Å². The first-order chi connectivity index (χ1) is 4.00. The average Bonchev–Trinajstić information content (AvgIpc) is 1.12. The standard InChI is InChI=1S/Ca.Cu.2H3O4P/c;;2*1-5(2,3)4/h;;2*(H3,1,2,3,4)/q2*+2;;/p-4. The Hall–Kier alpha value is 2.00. The molecule has 0 fully saturated rings. The van der Waals surface area contributed by atoms with Gasteiger partial charge in [0.1, 0.15) is 0 Å². The van der Waals surface area contributed by atoms with Crippen LogP contribution in [0.15, 0.2) is 0 Å². The largest absolute Gasteiger partial charge is 2.00 e. The van der Waals surface area contributed by atoms with Gasteiger partial charge in [-0.3, -0.25) is 0 Å². The van der Waals surface area contributed by atoms with Crippen LogP contribution in [0.25, 0.3) is 0 Å². The van der Waals surface area contributed by atoms with Gasteiger partial charge in [0.2, 0.25) is 0 Å². The Morgan fingerprint density at radius 1 is 0.833 bits per heavy atom. The monoisotopic (exact) mass is 295 g/mol. The van der Waals surface area contributed by atoms with Crippen LogP contribution in [0.2, 0.25) is 0 Å². The van der Waals surface area contributed by atoms with E-state index >= 15 is 0 Å². The first-order valence-corrected chi connectivity index (χ1v) is 4.49. The van der Waals surface area contributed by atoms with Crippen molar-refractivity contribution in [2.45, 2.75) is 0 Å². The van der Waals surface area contributed by atoms with Crippen molar-refractivity contribution >= 4 is 53.4 Å². The fraction of sp³-hybridized carbons (Fsp3) is 0. The predicted molar refractivity (Wildman–Crippen MR) is 25.4 cm³/mol. The summed E-state index contributed by atoms with van der Waals surface area (Å²) in [6, 6.07) is 0. The van der Waals surface area contributed by atoms with Crippen LogP contribution in [-0.4, -0.2) is 47.5 Å². The first kappa shape index (κ1) is 23.7. The molecule has 0 aromatic heterocycles. The average molecular weight is 296 g/mol. The van der Waals surface area contributed by atoms with Crippen LogP contribution in [0.3, 0.4) is 0 Å². The molecule has 12 heavy (non-hydrogen) atoms. The maximum absolute atomic E-state index is 8.66. The Kier molecular flexibility index (Phi) is 18.8. The van der Waals surface area contributed by atoms with Gasteiger partial charge in [0.25, 0.3) is 0 Å². The maximum Gasteiger partial charge on any atom is 2.00 e. The number of rotatable bonds is 0. The molecule has 0 saturated heterocycles. The summed E-state index contributed by atoms with van der Waals surface area (Å²) in [5.74, 6) is 0. The fourth-order valence-electron chi connectivity index (χ4n) is 0. The van der Waals surface area contributed by atoms with Crippen molar-refractivity contribution in [2.24, 2.45) is 0 Å². The fourth-order valence-corrected chi connectivity index (χ4v) is 0. The zero-order valence-electron chi connectivity index (χ0n) is 5.25. The topological polar surface area (TPSA) is 167 Å². The van der Waals surface area contributed by atoms with Crippen LogP contribution in [0.1, 0.15) is 0 Å². The number of phosphoric acid groups is 2. The van der Waals surface area contributed by atoms with Gasteiger partial charge in [0.05, 0.1) is 15.6 Å². The van der Waals surface area contributed by atoms with Crippen molar-refractivity contribution in [1.29, 1.82) is 0 Å². The second kappa shape index (κ2) is 9.55.